The molecule has 4 heterocycles. The fraction of sp³-hybridized carbons (Fsp3) is 0.297. The summed E-state index contributed by atoms with van der Waals surface area (Å²) in [5.74, 6) is 0. The molecule has 0 amide bonds. The molecule has 0 saturated heterocycles. The van der Waals surface area contributed by atoms with Crippen molar-refractivity contribution < 1.29 is 0 Å². The molecule has 0 saturated carbocycles. The first kappa shape index (κ1) is 47.8. The number of benzene rings is 10. The Morgan fingerprint density at radius 1 is 0.263 bits per heavy atom. The van der Waals surface area contributed by atoms with E-state index in [1.165, 1.54) is 187 Å². The highest BCUT2D eigenvalue weighted by molar-refractivity contribution is 7.03. The molecule has 10 aromatic carbocycles. The summed E-state index contributed by atoms with van der Waals surface area (Å²) in [5.41, 5.74) is 39.0. The van der Waals surface area contributed by atoms with Gasteiger partial charge >= 0.3 is 0 Å². The topological polar surface area (TPSA) is 0 Å². The van der Waals surface area contributed by atoms with Gasteiger partial charge in [-0.1, -0.05) is 224 Å². The van der Waals surface area contributed by atoms with E-state index >= 15 is 0 Å². The SMILES string of the molecule is Cc1cc(C)c(-c2cc3c4c(cc5c(-c6c(C)cc(C)cc6C)cc6c7c(cc2c4c57)B2c4ccc(C(C)(C)C)cc4-c4cc(C(C)(C)C)cc-6c42)B2c4ccc(C(C)(C)C)cc4-c4cc(C(C)(C)C)cc-3c42)c(C)c1. The molecular formula is C74H72B2. The van der Waals surface area contributed by atoms with Crippen LogP contribution in [0.4, 0.5) is 0 Å². The predicted molar refractivity (Wildman–Crippen MR) is 335 cm³/mol. The molecule has 0 fully saturated rings. The predicted octanol–water partition coefficient (Wildman–Crippen LogP) is 15.9. The zero-order valence-electron chi connectivity index (χ0n) is 48.5. The molecule has 0 aromatic heterocycles. The van der Waals surface area contributed by atoms with Gasteiger partial charge in [0.25, 0.3) is 0 Å². The molecule has 10 aromatic rings. The third-order valence-corrected chi connectivity index (χ3v) is 19.0. The first-order chi connectivity index (χ1) is 35.7. The Morgan fingerprint density at radius 2 is 0.566 bits per heavy atom. The fourth-order valence-electron chi connectivity index (χ4n) is 15.4. The Labute approximate surface area is 453 Å². The summed E-state index contributed by atoms with van der Waals surface area (Å²) in [6.07, 6.45) is 0. The lowest BCUT2D eigenvalue weighted by molar-refractivity contribution is 0.590. The van der Waals surface area contributed by atoms with Crippen LogP contribution in [0.3, 0.4) is 0 Å². The maximum Gasteiger partial charge on any atom is 0.244 e. The van der Waals surface area contributed by atoms with Crippen molar-refractivity contribution in [3.05, 3.63) is 165 Å². The van der Waals surface area contributed by atoms with Crippen LogP contribution < -0.4 is 32.8 Å². The van der Waals surface area contributed by atoms with Crippen LogP contribution in [0.5, 0.6) is 0 Å². The number of rotatable bonds is 2. The minimum absolute atomic E-state index is 0.0190. The van der Waals surface area contributed by atoms with E-state index in [1.54, 1.807) is 0 Å². The highest BCUT2D eigenvalue weighted by atomic mass is 14.4. The van der Waals surface area contributed by atoms with Gasteiger partial charge in [0.2, 0.25) is 13.4 Å². The van der Waals surface area contributed by atoms with E-state index in [4.69, 9.17) is 0 Å². The summed E-state index contributed by atoms with van der Waals surface area (Å²) in [6.45, 7) is 42.8. The van der Waals surface area contributed by atoms with Crippen LogP contribution >= 0.6 is 0 Å². The molecular weight excluding hydrogens is 910 g/mol. The number of hydrogen-bond acceptors (Lipinski definition) is 0. The third-order valence-electron chi connectivity index (χ3n) is 19.0. The van der Waals surface area contributed by atoms with Gasteiger partial charge in [0, 0.05) is 0 Å². The molecule has 14 rings (SSSR count). The van der Waals surface area contributed by atoms with E-state index in [0.29, 0.717) is 0 Å². The normalized spacial score (nSPS) is 14.1. The van der Waals surface area contributed by atoms with Crippen molar-refractivity contribution in [2.24, 2.45) is 0 Å². The van der Waals surface area contributed by atoms with Gasteiger partial charge in [0.15, 0.2) is 0 Å². The molecule has 0 nitrogen and oxygen atoms in total. The Morgan fingerprint density at radius 3 is 0.882 bits per heavy atom. The Bertz CT molecular complexity index is 3990. The monoisotopic (exact) mass is 983 g/mol. The Balaban J connectivity index is 1.25. The molecule has 0 aliphatic carbocycles. The second-order valence-corrected chi connectivity index (χ2v) is 28.5. The molecule has 4 aliphatic heterocycles. The summed E-state index contributed by atoms with van der Waals surface area (Å²) >= 11 is 0. The van der Waals surface area contributed by atoms with Gasteiger partial charge < -0.3 is 0 Å². The molecule has 4 aliphatic rings. The van der Waals surface area contributed by atoms with Crippen LogP contribution in [0.2, 0.25) is 0 Å². The van der Waals surface area contributed by atoms with Crippen molar-refractivity contribution in [3.63, 3.8) is 0 Å². The highest BCUT2D eigenvalue weighted by Gasteiger charge is 2.46. The largest absolute Gasteiger partial charge is 0.244 e. The summed E-state index contributed by atoms with van der Waals surface area (Å²) in [5, 5.41) is 8.54. The van der Waals surface area contributed by atoms with Gasteiger partial charge in [0.05, 0.1) is 0 Å². The van der Waals surface area contributed by atoms with Crippen molar-refractivity contribution in [1.82, 2.24) is 0 Å². The minimum atomic E-state index is -0.0503. The summed E-state index contributed by atoms with van der Waals surface area (Å²) in [7, 11) is 0. The maximum atomic E-state index is 2.73. The van der Waals surface area contributed by atoms with Crippen molar-refractivity contribution in [3.8, 4) is 66.8 Å². The molecule has 0 bridgehead atoms. The fourth-order valence-corrected chi connectivity index (χ4v) is 15.4. The van der Waals surface area contributed by atoms with Crippen molar-refractivity contribution in [2.75, 3.05) is 0 Å². The van der Waals surface area contributed by atoms with E-state index in [1.807, 2.05) is 0 Å². The van der Waals surface area contributed by atoms with Gasteiger partial charge in [-0.15, -0.1) is 0 Å². The quantitative estimate of drug-likeness (QED) is 0.120. The zero-order chi connectivity index (χ0) is 53.5. The third kappa shape index (κ3) is 6.40. The molecule has 0 unspecified atom stereocenters. The van der Waals surface area contributed by atoms with Crippen molar-refractivity contribution in [1.29, 1.82) is 0 Å². The van der Waals surface area contributed by atoms with Crippen LogP contribution in [-0.2, 0) is 21.7 Å². The lowest BCUT2D eigenvalue weighted by atomic mass is 9.34. The lowest BCUT2D eigenvalue weighted by Gasteiger charge is -2.34. The first-order valence-corrected chi connectivity index (χ1v) is 28.4. The molecule has 0 spiro atoms. The summed E-state index contributed by atoms with van der Waals surface area (Å²) in [6, 6.07) is 46.0. The molecule has 0 radical (unpaired) electrons. The van der Waals surface area contributed by atoms with Crippen LogP contribution in [0.25, 0.3) is 99.1 Å². The Kier molecular flexibility index (Phi) is 9.49. The second-order valence-electron chi connectivity index (χ2n) is 28.5. The minimum Gasteiger partial charge on any atom is -0.0661 e. The first-order valence-electron chi connectivity index (χ1n) is 28.4. The van der Waals surface area contributed by atoms with Crippen LogP contribution in [0, 0.1) is 41.5 Å². The standard InChI is InChI=1S/C74H72B2/c1-37-23-39(3)63(40(4)24-37)49-33-51-57-31-45(73(13,14)15)29-55-47-27-44(72(10,11)12)20-22-60(47)76(69(55)57)62-36-54-50(64-41(5)25-38(2)26-42(64)6)34-52-58-32-46(74(16,17)18)30-56-48-28-43(71(7,8)9)19-21-59(48)75(70(56)58)61-35-53(49)67(65(51)62)68(54)66(52)61/h19-36H,1-18H3. The van der Waals surface area contributed by atoms with Crippen LogP contribution in [0.15, 0.2) is 109 Å². The van der Waals surface area contributed by atoms with Gasteiger partial charge in [0.1, 0.15) is 0 Å². The van der Waals surface area contributed by atoms with Crippen molar-refractivity contribution >= 4 is 78.5 Å². The molecule has 0 N–H and O–H groups in total. The maximum absolute atomic E-state index is 2.73. The van der Waals surface area contributed by atoms with E-state index in [2.05, 4.69) is 234 Å². The second kappa shape index (κ2) is 15.1. The van der Waals surface area contributed by atoms with Crippen molar-refractivity contribution in [2.45, 2.75) is 146 Å². The number of aryl methyl sites for hydroxylation is 6. The van der Waals surface area contributed by atoms with Gasteiger partial charge in [-0.25, -0.2) is 0 Å². The van der Waals surface area contributed by atoms with Crippen LogP contribution in [-0.4, -0.2) is 13.4 Å². The van der Waals surface area contributed by atoms with E-state index in [0.717, 1.165) is 0 Å². The average molecular weight is 983 g/mol. The highest BCUT2D eigenvalue weighted by Crippen LogP contribution is 2.53. The summed E-state index contributed by atoms with van der Waals surface area (Å²) in [4.78, 5) is 0. The molecule has 2 heteroatoms. The van der Waals surface area contributed by atoms with Crippen LogP contribution in [0.1, 0.15) is 139 Å². The zero-order valence-corrected chi connectivity index (χ0v) is 48.5. The molecule has 374 valence electrons. The van der Waals surface area contributed by atoms with E-state index in [9.17, 15) is 0 Å². The van der Waals surface area contributed by atoms with Gasteiger partial charge in [-0.3, -0.25) is 0 Å². The lowest BCUT2D eigenvalue weighted by Crippen LogP contribution is -2.53. The number of fused-ring (bicyclic) bond motifs is 10. The van der Waals surface area contributed by atoms with Gasteiger partial charge in [-0.05, 0) is 219 Å². The molecule has 0 atom stereocenters. The summed E-state index contributed by atoms with van der Waals surface area (Å²) < 4.78 is 0. The average Bonchev–Trinajstić information content (AvgIpc) is 3.85. The number of hydrogen-bond donors (Lipinski definition) is 0. The van der Waals surface area contributed by atoms with Gasteiger partial charge in [-0.2, -0.15) is 0 Å². The van der Waals surface area contributed by atoms with E-state index in [-0.39, 0.29) is 35.1 Å². The Hall–Kier alpha value is -6.63. The molecule has 76 heavy (non-hydrogen) atoms. The smallest absolute Gasteiger partial charge is 0.0661 e. The van der Waals surface area contributed by atoms with E-state index < -0.39 is 0 Å².